The first kappa shape index (κ1) is 26.6. The molecule has 2 aromatic carbocycles. The van der Waals surface area contributed by atoms with Crippen molar-refractivity contribution >= 4 is 29.5 Å². The molecule has 0 spiro atoms. The van der Waals surface area contributed by atoms with Gasteiger partial charge in [-0.1, -0.05) is 24.3 Å². The van der Waals surface area contributed by atoms with E-state index in [2.05, 4.69) is 5.32 Å². The van der Waals surface area contributed by atoms with Crippen LogP contribution < -0.4 is 16.0 Å². The molecule has 2 bridgehead atoms. The summed E-state index contributed by atoms with van der Waals surface area (Å²) >= 11 is 0. The molecule has 4 atom stereocenters. The van der Waals surface area contributed by atoms with Crippen LogP contribution in [0.15, 0.2) is 36.4 Å². The van der Waals surface area contributed by atoms with E-state index >= 15 is 4.39 Å². The topological polar surface area (TPSA) is 122 Å². The van der Waals surface area contributed by atoms with Crippen LogP contribution in [0.25, 0.3) is 11.1 Å². The number of primary amides is 1. The van der Waals surface area contributed by atoms with Crippen molar-refractivity contribution in [3.05, 3.63) is 53.3 Å². The van der Waals surface area contributed by atoms with E-state index in [4.69, 9.17) is 10.5 Å². The van der Waals surface area contributed by atoms with E-state index in [-0.39, 0.29) is 36.0 Å². The largest absolute Gasteiger partial charge is 0.447 e. The van der Waals surface area contributed by atoms with Crippen molar-refractivity contribution in [2.75, 3.05) is 11.9 Å². The summed E-state index contributed by atoms with van der Waals surface area (Å²) in [6.07, 6.45) is 1.65. The van der Waals surface area contributed by atoms with Gasteiger partial charge in [-0.05, 0) is 73.4 Å². The van der Waals surface area contributed by atoms with Crippen molar-refractivity contribution in [2.45, 2.75) is 70.2 Å². The lowest BCUT2D eigenvalue weighted by molar-refractivity contribution is -0.131. The van der Waals surface area contributed by atoms with Gasteiger partial charge in [0.05, 0.1) is 12.5 Å². The molecule has 2 aromatic rings. The van der Waals surface area contributed by atoms with Crippen LogP contribution in [-0.4, -0.2) is 60.0 Å². The summed E-state index contributed by atoms with van der Waals surface area (Å²) in [5.74, 6) is -1.84. The first-order chi connectivity index (χ1) is 18.5. The summed E-state index contributed by atoms with van der Waals surface area (Å²) in [5, 5.41) is 2.67. The van der Waals surface area contributed by atoms with Gasteiger partial charge in [-0.25, -0.2) is 9.18 Å². The van der Waals surface area contributed by atoms with Gasteiger partial charge in [0.1, 0.15) is 17.9 Å². The Morgan fingerprint density at radius 1 is 1.13 bits per heavy atom. The SMILES string of the molecule is CC(C)OC(=O)N1[C@@H]2CC[C@@H](C2)[C@H]1C(=O)N[C@@H](Cc1ccc(-c2ccc3c(c2)N(C)C(=O)C3)cc1F)C(N)=O. The van der Waals surface area contributed by atoms with Crippen LogP contribution in [0.3, 0.4) is 0 Å². The van der Waals surface area contributed by atoms with Crippen LogP contribution in [0.5, 0.6) is 0 Å². The van der Waals surface area contributed by atoms with E-state index in [9.17, 15) is 19.2 Å². The van der Waals surface area contributed by atoms with Crippen molar-refractivity contribution in [1.29, 1.82) is 0 Å². The van der Waals surface area contributed by atoms with Crippen LogP contribution in [0.1, 0.15) is 44.2 Å². The van der Waals surface area contributed by atoms with Gasteiger partial charge in [0, 0.05) is 25.2 Å². The highest BCUT2D eigenvalue weighted by atomic mass is 19.1. The second-order valence-corrected chi connectivity index (χ2v) is 11.0. The summed E-state index contributed by atoms with van der Waals surface area (Å²) in [4.78, 5) is 53.4. The molecule has 3 N–H and O–H groups in total. The predicted molar refractivity (Wildman–Crippen MR) is 142 cm³/mol. The Balaban J connectivity index is 1.31. The van der Waals surface area contributed by atoms with Gasteiger partial charge >= 0.3 is 6.09 Å². The molecule has 3 aliphatic rings. The van der Waals surface area contributed by atoms with Crippen molar-refractivity contribution in [2.24, 2.45) is 11.7 Å². The first-order valence-corrected chi connectivity index (χ1v) is 13.3. The molecule has 39 heavy (non-hydrogen) atoms. The van der Waals surface area contributed by atoms with Gasteiger partial charge in [-0.2, -0.15) is 0 Å². The third kappa shape index (κ3) is 5.07. The number of carbonyl (C=O) groups excluding carboxylic acids is 4. The van der Waals surface area contributed by atoms with Gasteiger partial charge in [-0.3, -0.25) is 19.3 Å². The van der Waals surface area contributed by atoms with Gasteiger partial charge in [0.15, 0.2) is 0 Å². The number of benzene rings is 2. The van der Waals surface area contributed by atoms with Gasteiger partial charge in [-0.15, -0.1) is 0 Å². The molecular weight excluding hydrogens is 503 g/mol. The van der Waals surface area contributed by atoms with Crippen LogP contribution >= 0.6 is 0 Å². The molecule has 1 aliphatic carbocycles. The van der Waals surface area contributed by atoms with Crippen LogP contribution in [0.2, 0.25) is 0 Å². The molecule has 2 aliphatic heterocycles. The normalized spacial score (nSPS) is 22.3. The summed E-state index contributed by atoms with van der Waals surface area (Å²) in [5.41, 5.74) is 8.92. The number of hydrogen-bond donors (Lipinski definition) is 2. The predicted octanol–water partition coefficient (Wildman–Crippen LogP) is 2.92. The van der Waals surface area contributed by atoms with Crippen molar-refractivity contribution in [1.82, 2.24) is 10.2 Å². The molecule has 4 amide bonds. The number of carbonyl (C=O) groups is 4. The second-order valence-electron chi connectivity index (χ2n) is 11.0. The Bertz CT molecular complexity index is 1340. The Hall–Kier alpha value is -3.95. The van der Waals surface area contributed by atoms with E-state index in [1.165, 1.54) is 11.0 Å². The highest BCUT2D eigenvalue weighted by Crippen LogP contribution is 2.43. The van der Waals surface area contributed by atoms with Crippen molar-refractivity contribution < 1.29 is 28.3 Å². The molecule has 0 unspecified atom stereocenters. The number of ether oxygens (including phenoxy) is 1. The van der Waals surface area contributed by atoms with E-state index in [1.54, 1.807) is 37.9 Å². The molecule has 10 heteroatoms. The molecule has 206 valence electrons. The molecular formula is C29H33FN4O5. The summed E-state index contributed by atoms with van der Waals surface area (Å²) in [7, 11) is 1.71. The minimum absolute atomic E-state index is 0.00795. The second kappa shape index (κ2) is 10.3. The molecule has 1 saturated heterocycles. The number of nitrogens with one attached hydrogen (secondary N) is 1. The summed E-state index contributed by atoms with van der Waals surface area (Å²) < 4.78 is 20.6. The fourth-order valence-electron chi connectivity index (χ4n) is 6.06. The number of likely N-dealkylation sites (N-methyl/N-ethyl adjacent to an activating group) is 1. The number of hydrogen-bond acceptors (Lipinski definition) is 5. The maximum Gasteiger partial charge on any atom is 0.410 e. The third-order valence-corrected chi connectivity index (χ3v) is 8.03. The van der Waals surface area contributed by atoms with Crippen molar-refractivity contribution in [3.63, 3.8) is 0 Å². The molecule has 2 fully saturated rings. The number of halogens is 1. The zero-order chi connectivity index (χ0) is 28.0. The number of amides is 4. The molecule has 0 aromatic heterocycles. The maximum absolute atomic E-state index is 15.2. The highest BCUT2D eigenvalue weighted by Gasteiger charge is 2.52. The average Bonchev–Trinajstić information content (AvgIpc) is 3.57. The zero-order valence-corrected chi connectivity index (χ0v) is 22.3. The Morgan fingerprint density at radius 3 is 2.54 bits per heavy atom. The fourth-order valence-corrected chi connectivity index (χ4v) is 6.06. The number of likely N-dealkylation sites (tertiary alicyclic amines) is 1. The summed E-state index contributed by atoms with van der Waals surface area (Å²) in [6.45, 7) is 3.49. The van der Waals surface area contributed by atoms with Crippen LogP contribution in [-0.2, 0) is 32.0 Å². The fraction of sp³-hybridized carbons (Fsp3) is 0.448. The van der Waals surface area contributed by atoms with E-state index in [0.717, 1.165) is 29.7 Å². The first-order valence-electron chi connectivity index (χ1n) is 13.3. The maximum atomic E-state index is 15.2. The monoisotopic (exact) mass is 536 g/mol. The van der Waals surface area contributed by atoms with Gasteiger partial charge in [0.25, 0.3) is 0 Å². The summed E-state index contributed by atoms with van der Waals surface area (Å²) in [6, 6.07) is 8.25. The Labute approximate surface area is 226 Å². The van der Waals surface area contributed by atoms with E-state index < -0.39 is 35.8 Å². The quantitative estimate of drug-likeness (QED) is 0.564. The lowest BCUT2D eigenvalue weighted by Crippen LogP contribution is -2.57. The van der Waals surface area contributed by atoms with Gasteiger partial charge < -0.3 is 20.7 Å². The number of anilines is 1. The van der Waals surface area contributed by atoms with Crippen molar-refractivity contribution in [3.8, 4) is 11.1 Å². The standard InChI is InChI=1S/C29H33FN4O5/c1-15(2)39-29(38)34-21-9-8-20(10-21)26(34)28(37)32-23(27(31)36)12-18-6-4-16(11-22(18)30)17-5-7-19-14-25(35)33(3)24(19)13-17/h4-7,11,13,15,20-21,23,26H,8-10,12,14H2,1-3H3,(H2,31,36)(H,32,37)/t20-,21+,23-,26-/m0/s1. The lowest BCUT2D eigenvalue weighted by atomic mass is 9.96. The van der Waals surface area contributed by atoms with E-state index in [1.807, 2.05) is 18.2 Å². The Morgan fingerprint density at radius 2 is 1.85 bits per heavy atom. The Kier molecular flexibility index (Phi) is 7.05. The third-order valence-electron chi connectivity index (χ3n) is 8.03. The highest BCUT2D eigenvalue weighted by molar-refractivity contribution is 6.01. The minimum Gasteiger partial charge on any atom is -0.447 e. The molecule has 1 saturated carbocycles. The number of piperidine rings is 1. The number of fused-ring (bicyclic) bond motifs is 3. The average molecular weight is 537 g/mol. The molecule has 9 nitrogen and oxygen atoms in total. The zero-order valence-electron chi connectivity index (χ0n) is 22.3. The molecule has 5 rings (SSSR count). The molecule has 2 heterocycles. The lowest BCUT2D eigenvalue weighted by Gasteiger charge is -2.34. The van der Waals surface area contributed by atoms with Crippen LogP contribution in [0.4, 0.5) is 14.9 Å². The molecule has 0 radical (unpaired) electrons. The van der Waals surface area contributed by atoms with E-state index in [0.29, 0.717) is 18.4 Å². The number of nitrogens with zero attached hydrogens (tertiary/aromatic N) is 2. The number of rotatable bonds is 7. The van der Waals surface area contributed by atoms with Crippen LogP contribution in [0, 0.1) is 11.7 Å². The smallest absolute Gasteiger partial charge is 0.410 e. The number of nitrogens with two attached hydrogens (primary N) is 1. The minimum atomic E-state index is -1.15. The van der Waals surface area contributed by atoms with Gasteiger partial charge in [0.2, 0.25) is 17.7 Å².